The van der Waals surface area contributed by atoms with Crippen molar-refractivity contribution in [2.75, 3.05) is 26.9 Å². The van der Waals surface area contributed by atoms with Crippen molar-refractivity contribution in [3.8, 4) is 5.75 Å². The van der Waals surface area contributed by atoms with E-state index in [9.17, 15) is 23.2 Å². The minimum absolute atomic E-state index is 0. The number of halogens is 2. The van der Waals surface area contributed by atoms with E-state index in [2.05, 4.69) is 5.32 Å². The molecule has 2 aliphatic rings. The minimum Gasteiger partial charge on any atom is -0.491 e. The first-order valence-electron chi connectivity index (χ1n) is 10.3. The lowest BCUT2D eigenvalue weighted by Crippen LogP contribution is -2.55. The predicted molar refractivity (Wildman–Crippen MR) is 112 cm³/mol. The number of methoxy groups -OCH3 is 1. The quantitative estimate of drug-likeness (QED) is 0.755. The third kappa shape index (κ3) is 3.64. The lowest BCUT2D eigenvalue weighted by Gasteiger charge is -2.45. The Balaban J connectivity index is 0.00000306. The number of hydrogen-bond donors (Lipinski definition) is 1. The molecule has 1 aromatic heterocycles. The summed E-state index contributed by atoms with van der Waals surface area (Å²) in [5, 5.41) is 2.49. The number of likely N-dealkylation sites (N-methyl/N-ethyl adjacent to an activating group) is 1. The van der Waals surface area contributed by atoms with E-state index in [1.807, 2.05) is 6.92 Å². The molecule has 0 aliphatic carbocycles. The molecule has 10 heteroatoms. The van der Waals surface area contributed by atoms with Crippen LogP contribution in [-0.2, 0) is 11.3 Å². The maximum Gasteiger partial charge on any atom is 0.274 e. The molecule has 1 fully saturated rings. The molecule has 32 heavy (non-hydrogen) atoms. The van der Waals surface area contributed by atoms with Crippen molar-refractivity contribution in [2.45, 2.75) is 32.0 Å². The van der Waals surface area contributed by atoms with E-state index in [0.717, 1.165) is 6.07 Å². The summed E-state index contributed by atoms with van der Waals surface area (Å²) in [7, 11) is 1.27. The molecule has 1 saturated heterocycles. The van der Waals surface area contributed by atoms with Gasteiger partial charge in [-0.25, -0.2) is 8.78 Å². The molecule has 172 valence electrons. The molecule has 8 nitrogen and oxygen atoms in total. The topological polar surface area (TPSA) is 89.9 Å². The number of hydrogen-bond acceptors (Lipinski definition) is 5. The highest BCUT2D eigenvalue weighted by molar-refractivity contribution is 5.99. The highest BCUT2D eigenvalue weighted by Crippen LogP contribution is 2.35. The van der Waals surface area contributed by atoms with Crippen LogP contribution in [0.1, 0.15) is 47.2 Å². The lowest BCUT2D eigenvalue weighted by atomic mass is 9.96. The Morgan fingerprint density at radius 1 is 1.31 bits per heavy atom. The number of pyridine rings is 1. The molecule has 2 aromatic rings. The van der Waals surface area contributed by atoms with E-state index >= 15 is 0 Å². The molecular formula is C22H25F2N3O5. The average molecular weight is 449 g/mol. The van der Waals surface area contributed by atoms with Crippen molar-refractivity contribution < 1.29 is 29.3 Å². The van der Waals surface area contributed by atoms with Crippen LogP contribution in [-0.4, -0.2) is 54.2 Å². The summed E-state index contributed by atoms with van der Waals surface area (Å²) in [6, 6.07) is 2.60. The van der Waals surface area contributed by atoms with Gasteiger partial charge in [0.2, 0.25) is 5.43 Å². The smallest absolute Gasteiger partial charge is 0.274 e. The van der Waals surface area contributed by atoms with E-state index in [0.29, 0.717) is 32.2 Å². The predicted octanol–water partition coefficient (Wildman–Crippen LogP) is 2.12. The summed E-state index contributed by atoms with van der Waals surface area (Å²) in [4.78, 5) is 40.7. The SMILES string of the molecule is CCN1C(=O)c2c(OC)c(=O)c(C(=O)NCc3ccc(F)cc3F)cn2[C@H]2CCOC[C@H]21.[HH]. The number of amides is 2. The fraction of sp³-hybridized carbons (Fsp3) is 0.409. The number of fused-ring (bicyclic) bond motifs is 3. The Morgan fingerprint density at radius 3 is 2.78 bits per heavy atom. The van der Waals surface area contributed by atoms with Crippen molar-refractivity contribution >= 4 is 11.8 Å². The average Bonchev–Trinajstić information content (AvgIpc) is 2.78. The van der Waals surface area contributed by atoms with Crippen LogP contribution in [0.25, 0.3) is 0 Å². The van der Waals surface area contributed by atoms with E-state index in [1.165, 1.54) is 19.4 Å². The minimum atomic E-state index is -0.805. The zero-order valence-corrected chi connectivity index (χ0v) is 17.7. The number of nitrogens with one attached hydrogen (secondary N) is 1. The van der Waals surface area contributed by atoms with E-state index in [4.69, 9.17) is 9.47 Å². The van der Waals surface area contributed by atoms with Gasteiger partial charge in [0, 0.05) is 38.9 Å². The third-order valence-electron chi connectivity index (χ3n) is 5.95. The second-order valence-electron chi connectivity index (χ2n) is 7.67. The molecule has 1 aromatic carbocycles. The van der Waals surface area contributed by atoms with E-state index in [-0.39, 0.29) is 48.5 Å². The number of carbonyl (C=O) groups is 2. The fourth-order valence-corrected chi connectivity index (χ4v) is 4.36. The van der Waals surface area contributed by atoms with Crippen LogP contribution in [0.3, 0.4) is 0 Å². The standard InChI is InChI=1S/C22H23F2N3O5.H2/c1-3-26-17-11-32-7-6-16(17)27-10-14(19(28)20(31-2)18(27)22(26)30)21(29)25-9-12-4-5-13(23)8-15(12)24;/h4-5,8,10,16-17H,3,6-7,9,11H2,1-2H3,(H,25,29);1H/t16-,17+;/m0./s1. The van der Waals surface area contributed by atoms with Crippen LogP contribution < -0.4 is 15.5 Å². The van der Waals surface area contributed by atoms with Crippen LogP contribution in [0.15, 0.2) is 29.2 Å². The number of nitrogens with zero attached hydrogens (tertiary/aromatic N) is 2. The van der Waals surface area contributed by atoms with Gasteiger partial charge in [-0.2, -0.15) is 0 Å². The van der Waals surface area contributed by atoms with Crippen LogP contribution in [0.4, 0.5) is 8.78 Å². The lowest BCUT2D eigenvalue weighted by molar-refractivity contribution is -0.0176. The second-order valence-corrected chi connectivity index (χ2v) is 7.67. The van der Waals surface area contributed by atoms with Crippen LogP contribution in [0.5, 0.6) is 5.75 Å². The first-order valence-corrected chi connectivity index (χ1v) is 10.3. The largest absolute Gasteiger partial charge is 0.491 e. The first-order chi connectivity index (χ1) is 15.4. The fourth-order valence-electron chi connectivity index (χ4n) is 4.36. The molecule has 4 rings (SSSR count). The van der Waals surface area contributed by atoms with Gasteiger partial charge in [0.1, 0.15) is 17.2 Å². The third-order valence-corrected chi connectivity index (χ3v) is 5.95. The van der Waals surface area contributed by atoms with Gasteiger partial charge in [0.05, 0.1) is 25.8 Å². The van der Waals surface area contributed by atoms with E-state index < -0.39 is 23.0 Å². The van der Waals surface area contributed by atoms with Crippen molar-refractivity contribution in [2.24, 2.45) is 0 Å². The van der Waals surface area contributed by atoms with Crippen molar-refractivity contribution in [1.29, 1.82) is 0 Å². The van der Waals surface area contributed by atoms with Gasteiger partial charge < -0.3 is 24.3 Å². The monoisotopic (exact) mass is 449 g/mol. The molecule has 0 bridgehead atoms. The van der Waals surface area contributed by atoms with Crippen LogP contribution >= 0.6 is 0 Å². The molecular weight excluding hydrogens is 424 g/mol. The summed E-state index contributed by atoms with van der Waals surface area (Å²) in [5.74, 6) is -2.86. The van der Waals surface area contributed by atoms with Gasteiger partial charge in [0.15, 0.2) is 11.4 Å². The van der Waals surface area contributed by atoms with Crippen molar-refractivity contribution in [1.82, 2.24) is 14.8 Å². The van der Waals surface area contributed by atoms with Gasteiger partial charge in [-0.3, -0.25) is 14.4 Å². The van der Waals surface area contributed by atoms with Gasteiger partial charge >= 0.3 is 0 Å². The molecule has 0 saturated carbocycles. The normalized spacial score (nSPS) is 19.9. The Kier molecular flexibility index (Phi) is 5.96. The number of rotatable bonds is 5. The molecule has 3 heterocycles. The highest BCUT2D eigenvalue weighted by atomic mass is 19.1. The highest BCUT2D eigenvalue weighted by Gasteiger charge is 2.43. The number of ether oxygens (including phenoxy) is 2. The number of benzene rings is 1. The van der Waals surface area contributed by atoms with Gasteiger partial charge in [-0.1, -0.05) is 6.07 Å². The summed E-state index contributed by atoms with van der Waals surface area (Å²) in [6.07, 6.45) is 1.96. The summed E-state index contributed by atoms with van der Waals surface area (Å²) >= 11 is 0. The molecule has 0 radical (unpaired) electrons. The summed E-state index contributed by atoms with van der Waals surface area (Å²) < 4.78 is 39.5. The Labute approximate surface area is 184 Å². The van der Waals surface area contributed by atoms with Gasteiger partial charge in [-0.05, 0) is 19.4 Å². The van der Waals surface area contributed by atoms with Crippen molar-refractivity contribution in [3.05, 3.63) is 63.1 Å². The summed E-state index contributed by atoms with van der Waals surface area (Å²) in [5.41, 5.74) is -0.784. The molecule has 1 N–H and O–H groups in total. The first kappa shape index (κ1) is 21.9. The zero-order valence-electron chi connectivity index (χ0n) is 17.7. The number of aromatic nitrogens is 1. The molecule has 0 spiro atoms. The molecule has 2 atom stereocenters. The maximum absolute atomic E-state index is 13.9. The van der Waals surface area contributed by atoms with Crippen molar-refractivity contribution in [3.63, 3.8) is 0 Å². The Morgan fingerprint density at radius 2 is 2.09 bits per heavy atom. The number of carbonyl (C=O) groups excluding carboxylic acids is 2. The van der Waals surface area contributed by atoms with Crippen LogP contribution in [0.2, 0.25) is 0 Å². The van der Waals surface area contributed by atoms with Crippen LogP contribution in [0, 0.1) is 11.6 Å². The maximum atomic E-state index is 13.9. The molecule has 0 unspecified atom stereocenters. The Bertz CT molecular complexity index is 1140. The molecule has 2 amide bonds. The molecule has 2 aliphatic heterocycles. The zero-order chi connectivity index (χ0) is 23.0. The second kappa shape index (κ2) is 8.70. The van der Waals surface area contributed by atoms with Gasteiger partial charge in [-0.15, -0.1) is 0 Å². The van der Waals surface area contributed by atoms with E-state index in [1.54, 1.807) is 9.47 Å². The van der Waals surface area contributed by atoms with Gasteiger partial charge in [0.25, 0.3) is 11.8 Å². The summed E-state index contributed by atoms with van der Waals surface area (Å²) in [6.45, 7) is 2.87. The Hall–Kier alpha value is -3.27.